The maximum atomic E-state index is 12.8. The van der Waals surface area contributed by atoms with Crippen molar-refractivity contribution in [3.05, 3.63) is 52.6 Å². The first-order valence-corrected chi connectivity index (χ1v) is 9.24. The molecule has 1 aliphatic heterocycles. The van der Waals surface area contributed by atoms with Crippen LogP contribution in [0.1, 0.15) is 24.1 Å². The molecule has 1 N–H and O–H groups in total. The van der Waals surface area contributed by atoms with Gasteiger partial charge in [-0.05, 0) is 36.8 Å². The molecule has 7 nitrogen and oxygen atoms in total. The Labute approximate surface area is 178 Å². The lowest BCUT2D eigenvalue weighted by Gasteiger charge is -2.11. The van der Waals surface area contributed by atoms with Crippen LogP contribution in [-0.4, -0.2) is 43.2 Å². The van der Waals surface area contributed by atoms with Crippen LogP contribution in [0, 0.1) is 0 Å². The zero-order chi connectivity index (χ0) is 22.1. The fraction of sp³-hybridized carbons (Fsp3) is 0.222. The van der Waals surface area contributed by atoms with Gasteiger partial charge in [-0.15, -0.1) is 0 Å². The molecule has 12 heteroatoms. The Morgan fingerprint density at radius 3 is 2.77 bits per heavy atom. The van der Waals surface area contributed by atoms with Crippen LogP contribution in [0.4, 0.5) is 13.2 Å². The number of amides is 1. The van der Waals surface area contributed by atoms with Gasteiger partial charge in [0.15, 0.2) is 11.6 Å². The van der Waals surface area contributed by atoms with Crippen molar-refractivity contribution >= 4 is 46.9 Å². The van der Waals surface area contributed by atoms with E-state index in [1.54, 1.807) is 12.1 Å². The Morgan fingerprint density at radius 2 is 2.13 bits per heavy atom. The van der Waals surface area contributed by atoms with E-state index in [4.69, 9.17) is 33.7 Å². The number of aliphatic carboxylic acids is 1. The topological polar surface area (TPSA) is 84.7 Å². The van der Waals surface area contributed by atoms with E-state index in [0.29, 0.717) is 11.9 Å². The average molecular weight is 460 g/mol. The molecule has 158 valence electrons. The van der Waals surface area contributed by atoms with Gasteiger partial charge in [0.05, 0.1) is 16.3 Å². The molecule has 2 aromatic rings. The van der Waals surface area contributed by atoms with Crippen molar-refractivity contribution in [1.82, 2.24) is 14.5 Å². The van der Waals surface area contributed by atoms with Gasteiger partial charge in [-0.2, -0.15) is 13.2 Å². The molecule has 1 amide bonds. The molecule has 1 aliphatic rings. The highest BCUT2D eigenvalue weighted by atomic mass is 35.5. The maximum Gasteiger partial charge on any atom is 0.417 e. The summed E-state index contributed by atoms with van der Waals surface area (Å²) in [6.45, 7) is 0.0780. The zero-order valence-corrected chi connectivity index (χ0v) is 16.6. The third kappa shape index (κ3) is 4.62. The van der Waals surface area contributed by atoms with Gasteiger partial charge in [-0.3, -0.25) is 14.5 Å². The molecule has 30 heavy (non-hydrogen) atoms. The third-order valence-electron chi connectivity index (χ3n) is 4.08. The summed E-state index contributed by atoms with van der Waals surface area (Å²) < 4.78 is 45.2. The lowest BCUT2D eigenvalue weighted by atomic mass is 10.2. The molecule has 3 rings (SSSR count). The fourth-order valence-electron chi connectivity index (χ4n) is 2.68. The number of carbonyl (C=O) groups excluding carboxylic acids is 1. The number of thiocarbonyl (C=S) groups is 1. The van der Waals surface area contributed by atoms with Gasteiger partial charge < -0.3 is 14.4 Å². The van der Waals surface area contributed by atoms with E-state index in [9.17, 15) is 22.8 Å². The second-order valence-corrected chi connectivity index (χ2v) is 6.92. The molecule has 1 fully saturated rings. The van der Waals surface area contributed by atoms with Crippen molar-refractivity contribution in [2.24, 2.45) is 0 Å². The number of ether oxygens (including phenoxy) is 1. The van der Waals surface area contributed by atoms with E-state index in [1.807, 2.05) is 0 Å². The van der Waals surface area contributed by atoms with Crippen LogP contribution in [0.3, 0.4) is 0 Å². The third-order valence-corrected chi connectivity index (χ3v) is 4.66. The Hall–Kier alpha value is -2.92. The molecule has 0 spiro atoms. The highest BCUT2D eigenvalue weighted by molar-refractivity contribution is 7.80. The Bertz CT molecular complexity index is 1050. The molecule has 0 saturated carbocycles. The molecule has 0 unspecified atom stereocenters. The summed E-state index contributed by atoms with van der Waals surface area (Å²) in [5.74, 6) is -1.63. The summed E-state index contributed by atoms with van der Waals surface area (Å²) in [4.78, 5) is 28.1. The van der Waals surface area contributed by atoms with Gasteiger partial charge in [0.2, 0.25) is 0 Å². The lowest BCUT2D eigenvalue weighted by Crippen LogP contribution is -2.29. The van der Waals surface area contributed by atoms with E-state index in [1.165, 1.54) is 16.8 Å². The van der Waals surface area contributed by atoms with E-state index in [0.717, 1.165) is 11.0 Å². The SMILES string of the molecule is O=C(O)CCCN1C(=O)C(=Cc2cccn2-c2ncc(C(F)(F)F)cc2Cl)OC1=S. The standard InChI is InChI=1S/C18H13ClF3N3O4S/c19-12-7-10(18(20,21)22)9-23-15(12)24-5-1-3-11(24)8-13-16(28)25(17(30)29-13)6-2-4-14(26)27/h1,3,5,7-9H,2,4,6H2,(H,26,27). The molecule has 0 aromatic carbocycles. The lowest BCUT2D eigenvalue weighted by molar-refractivity contribution is -0.138. The number of nitrogens with zero attached hydrogens (tertiary/aromatic N) is 3. The van der Waals surface area contributed by atoms with Crippen LogP contribution >= 0.6 is 23.8 Å². The Balaban J connectivity index is 1.86. The van der Waals surface area contributed by atoms with Gasteiger partial charge in [0.1, 0.15) is 0 Å². The zero-order valence-electron chi connectivity index (χ0n) is 15.0. The van der Waals surface area contributed by atoms with Crippen LogP contribution < -0.4 is 0 Å². The van der Waals surface area contributed by atoms with E-state index >= 15 is 0 Å². The number of hydrogen-bond donors (Lipinski definition) is 1. The molecule has 0 aliphatic carbocycles. The van der Waals surface area contributed by atoms with Crippen molar-refractivity contribution in [1.29, 1.82) is 0 Å². The molecule has 0 bridgehead atoms. The normalized spacial score (nSPS) is 15.7. The van der Waals surface area contributed by atoms with Gasteiger partial charge in [0.25, 0.3) is 11.1 Å². The Morgan fingerprint density at radius 1 is 1.40 bits per heavy atom. The molecule has 3 heterocycles. The van der Waals surface area contributed by atoms with Crippen LogP contribution in [0.2, 0.25) is 5.02 Å². The van der Waals surface area contributed by atoms with Crippen molar-refractivity contribution < 1.29 is 32.6 Å². The van der Waals surface area contributed by atoms with Crippen LogP contribution in [0.15, 0.2) is 36.4 Å². The number of pyridine rings is 1. The molecule has 0 atom stereocenters. The fourth-order valence-corrected chi connectivity index (χ4v) is 3.20. The molecular formula is C18H13ClF3N3O4S. The van der Waals surface area contributed by atoms with E-state index < -0.39 is 23.6 Å². The van der Waals surface area contributed by atoms with Crippen molar-refractivity contribution in [2.75, 3.05) is 6.54 Å². The molecule has 0 radical (unpaired) electrons. The number of halogens is 4. The summed E-state index contributed by atoms with van der Waals surface area (Å²) in [6.07, 6.45) is -1.00. The molecule has 1 saturated heterocycles. The summed E-state index contributed by atoms with van der Waals surface area (Å²) in [5, 5.41) is 8.36. The van der Waals surface area contributed by atoms with Crippen LogP contribution in [-0.2, 0) is 20.5 Å². The average Bonchev–Trinajstić information content (AvgIpc) is 3.20. The van der Waals surface area contributed by atoms with Crippen molar-refractivity contribution in [3.63, 3.8) is 0 Å². The van der Waals surface area contributed by atoms with Crippen molar-refractivity contribution in [2.45, 2.75) is 19.0 Å². The summed E-state index contributed by atoms with van der Waals surface area (Å²) in [5.41, 5.74) is -0.623. The number of carbonyl (C=O) groups is 2. The van der Waals surface area contributed by atoms with Gasteiger partial charge >= 0.3 is 12.1 Å². The van der Waals surface area contributed by atoms with Gasteiger partial charge in [0, 0.05) is 31.4 Å². The number of hydrogen-bond acceptors (Lipinski definition) is 5. The number of carboxylic acid groups (broad SMARTS) is 1. The minimum atomic E-state index is -4.58. The smallest absolute Gasteiger partial charge is 0.417 e. The highest BCUT2D eigenvalue weighted by Crippen LogP contribution is 2.32. The molecule has 2 aromatic heterocycles. The first-order chi connectivity index (χ1) is 14.1. The Kier molecular flexibility index (Phi) is 6.13. The van der Waals surface area contributed by atoms with Crippen molar-refractivity contribution in [3.8, 4) is 5.82 Å². The van der Waals surface area contributed by atoms with E-state index in [-0.39, 0.29) is 41.2 Å². The predicted molar refractivity (Wildman–Crippen MR) is 104 cm³/mol. The summed E-state index contributed by atoms with van der Waals surface area (Å²) >= 11 is 11.0. The van der Waals surface area contributed by atoms with E-state index in [2.05, 4.69) is 4.98 Å². The highest BCUT2D eigenvalue weighted by Gasteiger charge is 2.34. The summed E-state index contributed by atoms with van der Waals surface area (Å²) in [7, 11) is 0. The first-order valence-electron chi connectivity index (χ1n) is 8.45. The number of carboxylic acids is 1. The predicted octanol–water partition coefficient (Wildman–Crippen LogP) is 3.89. The minimum Gasteiger partial charge on any atom is -0.481 e. The van der Waals surface area contributed by atoms with Crippen LogP contribution in [0.25, 0.3) is 11.9 Å². The summed E-state index contributed by atoms with van der Waals surface area (Å²) in [6, 6.07) is 3.93. The second-order valence-electron chi connectivity index (χ2n) is 6.16. The van der Waals surface area contributed by atoms with Gasteiger partial charge in [-0.25, -0.2) is 4.98 Å². The minimum absolute atomic E-state index is 0.0350. The van der Waals surface area contributed by atoms with Crippen LogP contribution in [0.5, 0.6) is 0 Å². The first kappa shape index (κ1) is 21.8. The maximum absolute atomic E-state index is 12.8. The number of aromatic nitrogens is 2. The second kappa shape index (κ2) is 8.44. The number of alkyl halides is 3. The quantitative estimate of drug-likeness (QED) is 0.521. The molecular weight excluding hydrogens is 447 g/mol. The largest absolute Gasteiger partial charge is 0.481 e. The monoisotopic (exact) mass is 459 g/mol. The van der Waals surface area contributed by atoms with Gasteiger partial charge in [-0.1, -0.05) is 11.6 Å². The number of rotatable bonds is 6.